The molecule has 1 amide bonds. The van der Waals surface area contributed by atoms with Crippen molar-refractivity contribution < 1.29 is 9.53 Å². The molecule has 0 bridgehead atoms. The molecule has 0 saturated carbocycles. The highest BCUT2D eigenvalue weighted by atomic mass is 32.1. The van der Waals surface area contributed by atoms with Crippen LogP contribution in [0, 0.1) is 6.92 Å². The number of rotatable bonds is 6. The number of aryl methyl sites for hydroxylation is 1. The lowest BCUT2D eigenvalue weighted by atomic mass is 10.2. The normalized spacial score (nSPS) is 10.9. The van der Waals surface area contributed by atoms with Gasteiger partial charge in [-0.3, -0.25) is 4.79 Å². The van der Waals surface area contributed by atoms with E-state index < -0.39 is 0 Å². The highest BCUT2D eigenvalue weighted by Crippen LogP contribution is 2.28. The Hall–Kier alpha value is -3.19. The fourth-order valence-corrected chi connectivity index (χ4v) is 3.55. The second-order valence-electron chi connectivity index (χ2n) is 5.95. The topological polar surface area (TPSA) is 68.5 Å². The Balaban J connectivity index is 1.45. The second kappa shape index (κ2) is 7.59. The standard InChI is InChI=1S/C20H18N4O2S/c1-14-16(20(25)21-9-10-26-15-6-3-2-4-7-15)12-22-19-17(13-23-24(14)19)18-8-5-11-27-18/h2-8,11-13H,9-10H2,1H3,(H,21,25). The smallest absolute Gasteiger partial charge is 0.254 e. The van der Waals surface area contributed by atoms with Crippen LogP contribution in [0.3, 0.4) is 0 Å². The molecule has 1 aromatic carbocycles. The number of nitrogens with one attached hydrogen (secondary N) is 1. The fourth-order valence-electron chi connectivity index (χ4n) is 2.82. The lowest BCUT2D eigenvalue weighted by molar-refractivity contribution is 0.0945. The number of hydrogen-bond acceptors (Lipinski definition) is 5. The minimum Gasteiger partial charge on any atom is -0.492 e. The van der Waals surface area contributed by atoms with E-state index in [1.165, 1.54) is 0 Å². The van der Waals surface area contributed by atoms with Crippen LogP contribution in [0.25, 0.3) is 16.1 Å². The van der Waals surface area contributed by atoms with Crippen LogP contribution in [-0.2, 0) is 0 Å². The molecule has 4 aromatic rings. The molecule has 0 fully saturated rings. The van der Waals surface area contributed by atoms with Crippen molar-refractivity contribution in [2.75, 3.05) is 13.2 Å². The van der Waals surface area contributed by atoms with Crippen LogP contribution in [-0.4, -0.2) is 33.7 Å². The number of thiophene rings is 1. The SMILES string of the molecule is Cc1c(C(=O)NCCOc2ccccc2)cnc2c(-c3cccs3)cnn12. The molecule has 7 heteroatoms. The third-order valence-corrected chi connectivity index (χ3v) is 5.10. The summed E-state index contributed by atoms with van der Waals surface area (Å²) in [5, 5.41) is 9.29. The van der Waals surface area contributed by atoms with Gasteiger partial charge in [0.15, 0.2) is 5.65 Å². The summed E-state index contributed by atoms with van der Waals surface area (Å²) in [4.78, 5) is 18.1. The molecule has 4 rings (SSSR count). The number of fused-ring (bicyclic) bond motifs is 1. The molecule has 3 heterocycles. The van der Waals surface area contributed by atoms with E-state index in [1.807, 2.05) is 54.8 Å². The number of carbonyl (C=O) groups excluding carboxylic acids is 1. The summed E-state index contributed by atoms with van der Waals surface area (Å²) in [5.41, 5.74) is 2.97. The summed E-state index contributed by atoms with van der Waals surface area (Å²) in [6.45, 7) is 2.68. The van der Waals surface area contributed by atoms with Gasteiger partial charge in [0.25, 0.3) is 5.91 Å². The highest BCUT2D eigenvalue weighted by molar-refractivity contribution is 7.13. The zero-order valence-corrected chi connectivity index (χ0v) is 15.6. The number of para-hydroxylation sites is 1. The first-order valence-corrected chi connectivity index (χ1v) is 9.45. The molecule has 1 N–H and O–H groups in total. The van der Waals surface area contributed by atoms with E-state index in [9.17, 15) is 4.79 Å². The molecule has 0 radical (unpaired) electrons. The maximum absolute atomic E-state index is 12.5. The van der Waals surface area contributed by atoms with Crippen LogP contribution in [0.1, 0.15) is 16.1 Å². The van der Waals surface area contributed by atoms with Gasteiger partial charge < -0.3 is 10.1 Å². The van der Waals surface area contributed by atoms with E-state index in [0.717, 1.165) is 27.5 Å². The summed E-state index contributed by atoms with van der Waals surface area (Å²) in [7, 11) is 0. The van der Waals surface area contributed by atoms with Gasteiger partial charge in [0, 0.05) is 11.1 Å². The van der Waals surface area contributed by atoms with Crippen LogP contribution in [0.2, 0.25) is 0 Å². The number of nitrogens with zero attached hydrogens (tertiary/aromatic N) is 3. The fraction of sp³-hybridized carbons (Fsp3) is 0.150. The van der Waals surface area contributed by atoms with Crippen molar-refractivity contribution in [1.29, 1.82) is 0 Å². The third kappa shape index (κ3) is 3.54. The Morgan fingerprint density at radius 1 is 1.19 bits per heavy atom. The maximum Gasteiger partial charge on any atom is 0.254 e. The van der Waals surface area contributed by atoms with Crippen LogP contribution in [0.4, 0.5) is 0 Å². The van der Waals surface area contributed by atoms with Crippen molar-refractivity contribution >= 4 is 22.9 Å². The van der Waals surface area contributed by atoms with E-state index in [0.29, 0.717) is 18.7 Å². The van der Waals surface area contributed by atoms with Gasteiger partial charge in [0.2, 0.25) is 0 Å². The van der Waals surface area contributed by atoms with Crippen molar-refractivity contribution in [3.63, 3.8) is 0 Å². The van der Waals surface area contributed by atoms with Crippen LogP contribution < -0.4 is 10.1 Å². The zero-order chi connectivity index (χ0) is 18.6. The molecule has 0 saturated heterocycles. The molecule has 3 aromatic heterocycles. The number of aromatic nitrogens is 3. The van der Waals surface area contributed by atoms with Crippen molar-refractivity contribution in [2.45, 2.75) is 6.92 Å². The lowest BCUT2D eigenvalue weighted by Crippen LogP contribution is -2.29. The number of hydrogen-bond donors (Lipinski definition) is 1. The van der Waals surface area contributed by atoms with Gasteiger partial charge in [-0.1, -0.05) is 24.3 Å². The van der Waals surface area contributed by atoms with Crippen molar-refractivity contribution in [1.82, 2.24) is 19.9 Å². The Morgan fingerprint density at radius 3 is 2.81 bits per heavy atom. The molecule has 0 aliphatic carbocycles. The quantitative estimate of drug-likeness (QED) is 0.521. The summed E-state index contributed by atoms with van der Waals surface area (Å²) >= 11 is 1.64. The Kier molecular flexibility index (Phi) is 4.84. The maximum atomic E-state index is 12.5. The van der Waals surface area contributed by atoms with Gasteiger partial charge in [0.1, 0.15) is 12.4 Å². The summed E-state index contributed by atoms with van der Waals surface area (Å²) in [6, 6.07) is 13.5. The first kappa shape index (κ1) is 17.2. The number of benzene rings is 1. The van der Waals surface area contributed by atoms with E-state index in [2.05, 4.69) is 15.4 Å². The minimum atomic E-state index is -0.188. The van der Waals surface area contributed by atoms with Crippen molar-refractivity contribution in [3.05, 3.63) is 71.5 Å². The Labute approximate surface area is 160 Å². The lowest BCUT2D eigenvalue weighted by Gasteiger charge is -2.10. The predicted octanol–water partition coefficient (Wildman–Crippen LogP) is 3.58. The van der Waals surface area contributed by atoms with Crippen LogP contribution in [0.15, 0.2) is 60.2 Å². The summed E-state index contributed by atoms with van der Waals surface area (Å²) in [6.07, 6.45) is 3.40. The van der Waals surface area contributed by atoms with E-state index >= 15 is 0 Å². The first-order valence-electron chi connectivity index (χ1n) is 8.57. The number of carbonyl (C=O) groups is 1. The summed E-state index contributed by atoms with van der Waals surface area (Å²) in [5.74, 6) is 0.593. The molecule has 6 nitrogen and oxygen atoms in total. The number of amides is 1. The molecule has 27 heavy (non-hydrogen) atoms. The van der Waals surface area contributed by atoms with Gasteiger partial charge >= 0.3 is 0 Å². The van der Waals surface area contributed by atoms with Crippen LogP contribution in [0.5, 0.6) is 5.75 Å². The van der Waals surface area contributed by atoms with Gasteiger partial charge in [-0.05, 0) is 30.5 Å². The molecule has 0 aliphatic rings. The number of ether oxygens (including phenoxy) is 1. The van der Waals surface area contributed by atoms with Gasteiger partial charge in [-0.2, -0.15) is 5.10 Å². The summed E-state index contributed by atoms with van der Waals surface area (Å²) < 4.78 is 7.30. The zero-order valence-electron chi connectivity index (χ0n) is 14.8. The van der Waals surface area contributed by atoms with Crippen LogP contribution >= 0.6 is 11.3 Å². The minimum absolute atomic E-state index is 0.188. The molecule has 0 atom stereocenters. The molecule has 136 valence electrons. The average molecular weight is 378 g/mol. The molecule has 0 unspecified atom stereocenters. The molecular weight excluding hydrogens is 360 g/mol. The Bertz CT molecular complexity index is 1060. The highest BCUT2D eigenvalue weighted by Gasteiger charge is 2.16. The van der Waals surface area contributed by atoms with E-state index in [4.69, 9.17) is 4.74 Å². The van der Waals surface area contributed by atoms with Gasteiger partial charge in [0.05, 0.1) is 29.6 Å². The predicted molar refractivity (Wildman–Crippen MR) is 105 cm³/mol. The van der Waals surface area contributed by atoms with Gasteiger partial charge in [-0.25, -0.2) is 9.50 Å². The third-order valence-electron chi connectivity index (χ3n) is 4.20. The van der Waals surface area contributed by atoms with Gasteiger partial charge in [-0.15, -0.1) is 11.3 Å². The largest absolute Gasteiger partial charge is 0.492 e. The monoisotopic (exact) mass is 378 g/mol. The van der Waals surface area contributed by atoms with Crippen molar-refractivity contribution in [3.8, 4) is 16.2 Å². The second-order valence-corrected chi connectivity index (χ2v) is 6.89. The molecule has 0 aliphatic heterocycles. The molecule has 0 spiro atoms. The van der Waals surface area contributed by atoms with Crippen molar-refractivity contribution in [2.24, 2.45) is 0 Å². The van der Waals surface area contributed by atoms with E-state index in [1.54, 1.807) is 28.2 Å². The molecular formula is C20H18N4O2S. The van der Waals surface area contributed by atoms with E-state index in [-0.39, 0.29) is 5.91 Å². The average Bonchev–Trinajstić information content (AvgIpc) is 3.36. The Morgan fingerprint density at radius 2 is 2.04 bits per heavy atom. The first-order chi connectivity index (χ1) is 13.2.